The first-order valence-electron chi connectivity index (χ1n) is 7.30. The number of carbonyl (C=O) groups excluding carboxylic acids is 1. The van der Waals surface area contributed by atoms with Gasteiger partial charge >= 0.3 is 5.97 Å². The molecule has 1 aliphatic carbocycles. The van der Waals surface area contributed by atoms with Gasteiger partial charge in [0, 0.05) is 10.9 Å². The maximum Gasteiger partial charge on any atom is 0.335 e. The van der Waals surface area contributed by atoms with Crippen LogP contribution >= 0.6 is 11.8 Å². The van der Waals surface area contributed by atoms with Crippen molar-refractivity contribution in [3.63, 3.8) is 0 Å². The molecule has 2 rings (SSSR count). The SMILES string of the molecule is CC1CCC(NC(=O)CSc2ccc(C(=O)O)cc2)CC1. The highest BCUT2D eigenvalue weighted by molar-refractivity contribution is 8.00. The number of nitrogens with one attached hydrogen (secondary N) is 1. The Morgan fingerprint density at radius 3 is 2.38 bits per heavy atom. The van der Waals surface area contributed by atoms with Crippen LogP contribution in [-0.2, 0) is 4.79 Å². The highest BCUT2D eigenvalue weighted by Crippen LogP contribution is 2.24. The van der Waals surface area contributed by atoms with Crippen LogP contribution in [0.3, 0.4) is 0 Å². The van der Waals surface area contributed by atoms with Gasteiger partial charge in [-0.1, -0.05) is 6.92 Å². The van der Waals surface area contributed by atoms with Gasteiger partial charge in [-0.15, -0.1) is 11.8 Å². The number of benzene rings is 1. The molecule has 21 heavy (non-hydrogen) atoms. The number of thioether (sulfide) groups is 1. The molecule has 5 heteroatoms. The molecule has 0 heterocycles. The van der Waals surface area contributed by atoms with Gasteiger partial charge < -0.3 is 10.4 Å². The van der Waals surface area contributed by atoms with E-state index in [2.05, 4.69) is 12.2 Å². The van der Waals surface area contributed by atoms with Gasteiger partial charge in [0.15, 0.2) is 0 Å². The average molecular weight is 307 g/mol. The Kier molecular flexibility index (Phi) is 5.67. The molecule has 0 aliphatic heterocycles. The summed E-state index contributed by atoms with van der Waals surface area (Å²) in [5, 5.41) is 11.9. The van der Waals surface area contributed by atoms with Crippen molar-refractivity contribution in [3.05, 3.63) is 29.8 Å². The van der Waals surface area contributed by atoms with Gasteiger partial charge in [-0.05, 0) is 55.9 Å². The molecule has 0 atom stereocenters. The monoisotopic (exact) mass is 307 g/mol. The Morgan fingerprint density at radius 1 is 1.19 bits per heavy atom. The van der Waals surface area contributed by atoms with Gasteiger partial charge in [-0.2, -0.15) is 0 Å². The third-order valence-electron chi connectivity index (χ3n) is 3.85. The second-order valence-corrected chi connectivity index (χ2v) is 6.69. The molecule has 1 aliphatic rings. The first-order chi connectivity index (χ1) is 10.0. The van der Waals surface area contributed by atoms with E-state index in [-0.39, 0.29) is 11.5 Å². The van der Waals surface area contributed by atoms with Crippen molar-refractivity contribution in [3.8, 4) is 0 Å². The molecule has 1 aromatic carbocycles. The number of hydrogen-bond donors (Lipinski definition) is 2. The molecular formula is C16H21NO3S. The molecule has 2 N–H and O–H groups in total. The van der Waals surface area contributed by atoms with E-state index in [1.165, 1.54) is 24.6 Å². The van der Waals surface area contributed by atoms with Crippen LogP contribution in [0, 0.1) is 5.92 Å². The lowest BCUT2D eigenvalue weighted by molar-refractivity contribution is -0.119. The Balaban J connectivity index is 1.74. The van der Waals surface area contributed by atoms with Crippen LogP contribution in [0.4, 0.5) is 0 Å². The number of carboxylic acid groups (broad SMARTS) is 1. The van der Waals surface area contributed by atoms with Gasteiger partial charge in [-0.3, -0.25) is 4.79 Å². The van der Waals surface area contributed by atoms with Crippen molar-refractivity contribution < 1.29 is 14.7 Å². The highest BCUT2D eigenvalue weighted by atomic mass is 32.2. The largest absolute Gasteiger partial charge is 0.478 e. The molecule has 0 saturated heterocycles. The van der Waals surface area contributed by atoms with Gasteiger partial charge in [0.1, 0.15) is 0 Å². The second kappa shape index (κ2) is 7.50. The fourth-order valence-electron chi connectivity index (χ4n) is 2.52. The van der Waals surface area contributed by atoms with Crippen molar-refractivity contribution in [2.75, 3.05) is 5.75 Å². The van der Waals surface area contributed by atoms with E-state index < -0.39 is 5.97 Å². The molecule has 0 unspecified atom stereocenters. The summed E-state index contributed by atoms with van der Waals surface area (Å²) in [7, 11) is 0. The molecule has 1 amide bonds. The minimum atomic E-state index is -0.934. The normalized spacial score (nSPS) is 21.8. The van der Waals surface area contributed by atoms with Gasteiger partial charge in [-0.25, -0.2) is 4.79 Å². The summed E-state index contributed by atoms with van der Waals surface area (Å²) in [6.45, 7) is 2.26. The summed E-state index contributed by atoms with van der Waals surface area (Å²) in [6, 6.07) is 6.92. The number of amides is 1. The predicted molar refractivity (Wildman–Crippen MR) is 83.7 cm³/mol. The van der Waals surface area contributed by atoms with Gasteiger partial charge in [0.05, 0.1) is 11.3 Å². The van der Waals surface area contributed by atoms with Crippen LogP contribution < -0.4 is 5.32 Å². The minimum absolute atomic E-state index is 0.0573. The first-order valence-corrected chi connectivity index (χ1v) is 8.28. The van der Waals surface area contributed by atoms with E-state index in [0.29, 0.717) is 11.8 Å². The molecule has 0 radical (unpaired) electrons. The third kappa shape index (κ3) is 5.08. The summed E-state index contributed by atoms with van der Waals surface area (Å²) in [5.41, 5.74) is 0.264. The topological polar surface area (TPSA) is 66.4 Å². The average Bonchev–Trinajstić information content (AvgIpc) is 2.48. The van der Waals surface area contributed by atoms with E-state index >= 15 is 0 Å². The van der Waals surface area contributed by atoms with E-state index in [1.807, 2.05) is 0 Å². The molecule has 1 saturated carbocycles. The van der Waals surface area contributed by atoms with Crippen molar-refractivity contribution in [2.45, 2.75) is 43.5 Å². The summed E-state index contributed by atoms with van der Waals surface area (Å²) in [4.78, 5) is 23.6. The number of rotatable bonds is 5. The van der Waals surface area contributed by atoms with Crippen molar-refractivity contribution in [2.24, 2.45) is 5.92 Å². The van der Waals surface area contributed by atoms with Crippen LogP contribution in [0.1, 0.15) is 43.0 Å². The molecular weight excluding hydrogens is 286 g/mol. The first kappa shape index (κ1) is 15.9. The number of aromatic carboxylic acids is 1. The maximum atomic E-state index is 11.9. The fourth-order valence-corrected chi connectivity index (χ4v) is 3.23. The Bertz CT molecular complexity index is 493. The van der Waals surface area contributed by atoms with Gasteiger partial charge in [0.25, 0.3) is 0 Å². The Hall–Kier alpha value is -1.49. The molecule has 114 valence electrons. The predicted octanol–water partition coefficient (Wildman–Crippen LogP) is 3.17. The summed E-state index contributed by atoms with van der Waals surface area (Å²) in [6.07, 6.45) is 4.53. The summed E-state index contributed by atoms with van der Waals surface area (Å²) >= 11 is 1.43. The second-order valence-electron chi connectivity index (χ2n) is 5.64. The van der Waals surface area contributed by atoms with E-state index in [4.69, 9.17) is 5.11 Å². The molecule has 0 spiro atoms. The lowest BCUT2D eigenvalue weighted by Crippen LogP contribution is -2.38. The zero-order valence-corrected chi connectivity index (χ0v) is 13.0. The van der Waals surface area contributed by atoms with Crippen molar-refractivity contribution in [1.82, 2.24) is 5.32 Å². The fraction of sp³-hybridized carbons (Fsp3) is 0.500. The lowest BCUT2D eigenvalue weighted by Gasteiger charge is -2.26. The van der Waals surface area contributed by atoms with Crippen LogP contribution in [0.25, 0.3) is 0 Å². The van der Waals surface area contributed by atoms with Crippen molar-refractivity contribution >= 4 is 23.6 Å². The maximum absolute atomic E-state index is 11.9. The van der Waals surface area contributed by atoms with Crippen LogP contribution in [0.15, 0.2) is 29.2 Å². The lowest BCUT2D eigenvalue weighted by atomic mass is 9.87. The quantitative estimate of drug-likeness (QED) is 0.820. The zero-order valence-electron chi connectivity index (χ0n) is 12.2. The zero-order chi connectivity index (χ0) is 15.2. The summed E-state index contributed by atoms with van der Waals surface area (Å²) < 4.78 is 0. The standard InChI is InChI=1S/C16H21NO3S/c1-11-2-6-13(7-3-11)17-15(18)10-21-14-8-4-12(5-9-14)16(19)20/h4-5,8-9,11,13H,2-3,6-7,10H2,1H3,(H,17,18)(H,19,20). The van der Waals surface area contributed by atoms with Crippen LogP contribution in [-0.4, -0.2) is 28.8 Å². The Labute approximate surface area is 129 Å². The minimum Gasteiger partial charge on any atom is -0.478 e. The summed E-state index contributed by atoms with van der Waals surface area (Å²) in [5.74, 6) is 0.274. The van der Waals surface area contributed by atoms with E-state index in [1.54, 1.807) is 24.3 Å². The molecule has 1 aromatic rings. The van der Waals surface area contributed by atoms with E-state index in [9.17, 15) is 9.59 Å². The molecule has 1 fully saturated rings. The Morgan fingerprint density at radius 2 is 1.81 bits per heavy atom. The smallest absolute Gasteiger partial charge is 0.335 e. The number of carboxylic acids is 1. The van der Waals surface area contributed by atoms with Crippen LogP contribution in [0.2, 0.25) is 0 Å². The van der Waals surface area contributed by atoms with E-state index in [0.717, 1.165) is 23.7 Å². The molecule has 0 aromatic heterocycles. The van der Waals surface area contributed by atoms with Crippen LogP contribution in [0.5, 0.6) is 0 Å². The number of hydrogen-bond acceptors (Lipinski definition) is 3. The number of carbonyl (C=O) groups is 2. The molecule has 4 nitrogen and oxygen atoms in total. The van der Waals surface area contributed by atoms with Crippen molar-refractivity contribution in [1.29, 1.82) is 0 Å². The highest BCUT2D eigenvalue weighted by Gasteiger charge is 2.19. The molecule has 0 bridgehead atoms. The van der Waals surface area contributed by atoms with Gasteiger partial charge in [0.2, 0.25) is 5.91 Å². The third-order valence-corrected chi connectivity index (χ3v) is 4.86.